The van der Waals surface area contributed by atoms with Gasteiger partial charge in [-0.15, -0.1) is 0 Å². The summed E-state index contributed by atoms with van der Waals surface area (Å²) in [4.78, 5) is 11.1. The predicted octanol–water partition coefficient (Wildman–Crippen LogP) is 2.67. The van der Waals surface area contributed by atoms with Gasteiger partial charge in [-0.3, -0.25) is 4.79 Å². The topological polar surface area (TPSA) is 43.1 Å². The fourth-order valence-corrected chi connectivity index (χ4v) is 3.21. The highest BCUT2D eigenvalue weighted by molar-refractivity contribution is 7.81. The van der Waals surface area contributed by atoms with Crippen LogP contribution in [0.1, 0.15) is 42.7 Å². The molecule has 0 aliphatic heterocycles. The van der Waals surface area contributed by atoms with Crippen LogP contribution in [0, 0.1) is 0 Å². The van der Waals surface area contributed by atoms with Crippen molar-refractivity contribution >= 4 is 18.5 Å². The van der Waals surface area contributed by atoms with Crippen LogP contribution >= 0.6 is 12.6 Å². The fourth-order valence-electron chi connectivity index (χ4n) is 2.72. The van der Waals surface area contributed by atoms with Crippen molar-refractivity contribution in [2.75, 3.05) is 0 Å². The van der Waals surface area contributed by atoms with Crippen LogP contribution in [0.25, 0.3) is 0 Å². The lowest BCUT2D eigenvalue weighted by molar-refractivity contribution is -0.117. The Bertz CT molecular complexity index is 405. The van der Waals surface area contributed by atoms with E-state index in [1.807, 2.05) is 18.2 Å². The molecule has 0 radical (unpaired) electrons. The summed E-state index contributed by atoms with van der Waals surface area (Å²) in [5.41, 5.74) is 7.64. The minimum absolute atomic E-state index is 0.260. The van der Waals surface area contributed by atoms with Gasteiger partial charge >= 0.3 is 0 Å². The lowest BCUT2D eigenvalue weighted by Gasteiger charge is -2.29. The Hall–Kier alpha value is -0.960. The Kier molecular flexibility index (Phi) is 4.11. The maximum Gasteiger partial charge on any atom is 0.221 e. The molecule has 0 spiro atoms. The van der Waals surface area contributed by atoms with E-state index in [2.05, 4.69) is 18.7 Å². The second-order valence-electron chi connectivity index (χ2n) is 4.80. The summed E-state index contributed by atoms with van der Waals surface area (Å²) < 4.78 is 0. The first-order valence-corrected chi connectivity index (χ1v) is 6.74. The van der Waals surface area contributed by atoms with Crippen molar-refractivity contribution in [1.29, 1.82) is 0 Å². The Balaban J connectivity index is 2.26. The molecule has 0 heterocycles. The molecule has 0 bridgehead atoms. The number of hydrogen-bond acceptors (Lipinski definition) is 2. The van der Waals surface area contributed by atoms with Crippen LogP contribution in [-0.4, -0.2) is 11.2 Å². The number of thiol groups is 1. The standard InChI is InChI=1S/C14H19NOS/c15-14(16)9-10-5-1-2-6-11(10)12-7-3-4-8-13(12)17/h1-2,5-6,12-13,17H,3-4,7-9H2,(H2,15,16). The molecule has 92 valence electrons. The molecular weight excluding hydrogens is 230 g/mol. The van der Waals surface area contributed by atoms with Crippen LogP contribution in [0.3, 0.4) is 0 Å². The highest BCUT2D eigenvalue weighted by Crippen LogP contribution is 2.37. The average molecular weight is 249 g/mol. The number of amides is 1. The van der Waals surface area contributed by atoms with Crippen LogP contribution in [-0.2, 0) is 11.2 Å². The molecule has 17 heavy (non-hydrogen) atoms. The molecule has 2 atom stereocenters. The number of hydrogen-bond donors (Lipinski definition) is 2. The minimum Gasteiger partial charge on any atom is -0.369 e. The van der Waals surface area contributed by atoms with E-state index in [1.54, 1.807) is 0 Å². The fraction of sp³-hybridized carbons (Fsp3) is 0.500. The smallest absolute Gasteiger partial charge is 0.221 e. The van der Waals surface area contributed by atoms with Crippen LogP contribution in [0.4, 0.5) is 0 Å². The van der Waals surface area contributed by atoms with E-state index in [4.69, 9.17) is 5.73 Å². The number of rotatable bonds is 3. The summed E-state index contributed by atoms with van der Waals surface area (Å²) in [6.45, 7) is 0. The number of benzene rings is 1. The van der Waals surface area contributed by atoms with Gasteiger partial charge in [-0.05, 0) is 29.9 Å². The third kappa shape index (κ3) is 3.03. The van der Waals surface area contributed by atoms with Crippen molar-refractivity contribution in [3.8, 4) is 0 Å². The second kappa shape index (κ2) is 5.58. The van der Waals surface area contributed by atoms with Gasteiger partial charge in [-0.2, -0.15) is 12.6 Å². The summed E-state index contributed by atoms with van der Waals surface area (Å²) in [5, 5.41) is 0.415. The van der Waals surface area contributed by atoms with Crippen molar-refractivity contribution in [2.45, 2.75) is 43.3 Å². The van der Waals surface area contributed by atoms with E-state index in [0.29, 0.717) is 17.6 Å². The second-order valence-corrected chi connectivity index (χ2v) is 5.46. The molecule has 3 heteroatoms. The molecule has 2 nitrogen and oxygen atoms in total. The minimum atomic E-state index is -0.260. The molecule has 1 aromatic rings. The summed E-state index contributed by atoms with van der Waals surface area (Å²) in [6, 6.07) is 8.14. The zero-order chi connectivity index (χ0) is 12.3. The number of primary amides is 1. The highest BCUT2D eigenvalue weighted by Gasteiger charge is 2.25. The third-order valence-corrected chi connectivity index (χ3v) is 4.17. The highest BCUT2D eigenvalue weighted by atomic mass is 32.1. The van der Waals surface area contributed by atoms with Crippen molar-refractivity contribution in [2.24, 2.45) is 5.73 Å². The van der Waals surface area contributed by atoms with E-state index < -0.39 is 0 Å². The van der Waals surface area contributed by atoms with Gasteiger partial charge in [0.05, 0.1) is 6.42 Å². The first-order valence-electron chi connectivity index (χ1n) is 6.22. The molecule has 1 aliphatic rings. The Labute approximate surface area is 108 Å². The molecule has 0 saturated heterocycles. The van der Waals surface area contributed by atoms with Gasteiger partial charge < -0.3 is 5.73 Å². The van der Waals surface area contributed by atoms with Gasteiger partial charge in [0.1, 0.15) is 0 Å². The molecule has 1 fully saturated rings. The van der Waals surface area contributed by atoms with Crippen molar-refractivity contribution < 1.29 is 4.79 Å². The first-order chi connectivity index (χ1) is 8.18. The molecule has 0 aromatic heterocycles. The van der Waals surface area contributed by atoms with Gasteiger partial charge in [-0.1, -0.05) is 37.1 Å². The number of carbonyl (C=O) groups is 1. The van der Waals surface area contributed by atoms with E-state index in [1.165, 1.54) is 31.2 Å². The molecule has 2 unspecified atom stereocenters. The van der Waals surface area contributed by atoms with E-state index in [9.17, 15) is 4.79 Å². The predicted molar refractivity (Wildman–Crippen MR) is 73.3 cm³/mol. The molecule has 2 rings (SSSR count). The largest absolute Gasteiger partial charge is 0.369 e. The van der Waals surface area contributed by atoms with Crippen molar-refractivity contribution in [1.82, 2.24) is 0 Å². The third-order valence-electron chi connectivity index (χ3n) is 3.55. The van der Waals surface area contributed by atoms with E-state index >= 15 is 0 Å². The Morgan fingerprint density at radius 3 is 2.71 bits per heavy atom. The van der Waals surface area contributed by atoms with Crippen LogP contribution in [0.15, 0.2) is 24.3 Å². The lowest BCUT2D eigenvalue weighted by Crippen LogP contribution is -2.21. The number of carbonyl (C=O) groups excluding carboxylic acids is 1. The van der Waals surface area contributed by atoms with Gasteiger partial charge in [0.15, 0.2) is 0 Å². The zero-order valence-corrected chi connectivity index (χ0v) is 10.8. The first kappa shape index (κ1) is 12.5. The van der Waals surface area contributed by atoms with Crippen LogP contribution in [0.2, 0.25) is 0 Å². The van der Waals surface area contributed by atoms with Gasteiger partial charge in [0, 0.05) is 5.25 Å². The van der Waals surface area contributed by atoms with Crippen molar-refractivity contribution in [3.05, 3.63) is 35.4 Å². The lowest BCUT2D eigenvalue weighted by atomic mass is 9.81. The van der Waals surface area contributed by atoms with E-state index in [0.717, 1.165) is 5.56 Å². The number of nitrogens with two attached hydrogens (primary N) is 1. The quantitative estimate of drug-likeness (QED) is 0.795. The summed E-state index contributed by atoms with van der Waals surface area (Å²) in [6.07, 6.45) is 5.20. The average Bonchev–Trinajstić information content (AvgIpc) is 2.30. The maximum absolute atomic E-state index is 11.1. The molecule has 1 saturated carbocycles. The Morgan fingerprint density at radius 2 is 2.00 bits per heavy atom. The van der Waals surface area contributed by atoms with Crippen LogP contribution in [0.5, 0.6) is 0 Å². The zero-order valence-electron chi connectivity index (χ0n) is 9.93. The Morgan fingerprint density at radius 1 is 1.29 bits per heavy atom. The maximum atomic E-state index is 11.1. The SMILES string of the molecule is NC(=O)Cc1ccccc1C1CCCCC1S. The van der Waals surface area contributed by atoms with Gasteiger partial charge in [0.2, 0.25) is 5.91 Å². The monoisotopic (exact) mass is 249 g/mol. The van der Waals surface area contributed by atoms with Gasteiger partial charge in [0.25, 0.3) is 0 Å². The normalized spacial score (nSPS) is 24.5. The molecule has 1 aliphatic carbocycles. The van der Waals surface area contributed by atoms with Crippen LogP contribution < -0.4 is 5.73 Å². The molecule has 2 N–H and O–H groups in total. The molecular formula is C14H19NOS. The van der Waals surface area contributed by atoms with Crippen molar-refractivity contribution in [3.63, 3.8) is 0 Å². The summed E-state index contributed by atoms with van der Waals surface area (Å²) >= 11 is 4.69. The molecule has 1 amide bonds. The van der Waals surface area contributed by atoms with E-state index in [-0.39, 0.29) is 5.91 Å². The summed E-state index contributed by atoms with van der Waals surface area (Å²) in [7, 11) is 0. The molecule has 1 aromatic carbocycles. The summed E-state index contributed by atoms with van der Waals surface area (Å²) in [5.74, 6) is 0.214. The van der Waals surface area contributed by atoms with Gasteiger partial charge in [-0.25, -0.2) is 0 Å².